The number of guanidine groups is 1. The topological polar surface area (TPSA) is 66.6 Å². The van der Waals surface area contributed by atoms with Crippen LogP contribution in [0.4, 0.5) is 0 Å². The second-order valence-corrected chi connectivity index (χ2v) is 7.88. The summed E-state index contributed by atoms with van der Waals surface area (Å²) in [7, 11) is 1.80. The number of fused-ring (bicyclic) bond motifs is 1. The summed E-state index contributed by atoms with van der Waals surface area (Å²) in [6.45, 7) is 1.44. The Balaban J connectivity index is 0.00000225. The van der Waals surface area contributed by atoms with Crippen molar-refractivity contribution in [2.45, 2.75) is 31.2 Å². The van der Waals surface area contributed by atoms with Crippen molar-refractivity contribution in [2.75, 3.05) is 13.6 Å². The molecule has 148 valence electrons. The van der Waals surface area contributed by atoms with Crippen LogP contribution in [0.2, 0.25) is 0 Å². The van der Waals surface area contributed by atoms with Gasteiger partial charge < -0.3 is 10.6 Å². The summed E-state index contributed by atoms with van der Waals surface area (Å²) in [4.78, 5) is 4.37. The zero-order valence-electron chi connectivity index (χ0n) is 15.7. The van der Waals surface area contributed by atoms with Crippen LogP contribution in [0.5, 0.6) is 0 Å². The number of rotatable bonds is 5. The largest absolute Gasteiger partial charge is 0.356 e. The summed E-state index contributed by atoms with van der Waals surface area (Å²) in [5.41, 5.74) is 2.43. The van der Waals surface area contributed by atoms with Gasteiger partial charge in [0.15, 0.2) is 17.4 Å². The van der Waals surface area contributed by atoms with Gasteiger partial charge in [0, 0.05) is 29.7 Å². The lowest BCUT2D eigenvalue weighted by atomic mass is 9.64. The van der Waals surface area contributed by atoms with Gasteiger partial charge in [-0.25, -0.2) is 0 Å². The fourth-order valence-electron chi connectivity index (χ4n) is 3.62. The lowest BCUT2D eigenvalue weighted by molar-refractivity contribution is 0.244. The number of nitrogens with zero attached hydrogens (tertiary/aromatic N) is 4. The molecule has 0 spiro atoms. The van der Waals surface area contributed by atoms with E-state index >= 15 is 0 Å². The first kappa shape index (κ1) is 21.0. The highest BCUT2D eigenvalue weighted by Gasteiger charge is 2.38. The lowest BCUT2D eigenvalue weighted by Crippen LogP contribution is -2.48. The van der Waals surface area contributed by atoms with Crippen molar-refractivity contribution in [1.29, 1.82) is 0 Å². The molecule has 0 atom stereocenters. The Hall–Kier alpha value is -1.68. The number of hydrogen-bond donors (Lipinski definition) is 2. The Morgan fingerprint density at radius 3 is 2.61 bits per heavy atom. The Labute approximate surface area is 190 Å². The lowest BCUT2D eigenvalue weighted by Gasteiger charge is -2.43. The average molecular weight is 555 g/mol. The van der Waals surface area contributed by atoms with Crippen LogP contribution in [0, 0.1) is 0 Å². The van der Waals surface area contributed by atoms with Crippen LogP contribution in [-0.4, -0.2) is 34.2 Å². The molecule has 0 unspecified atom stereocenters. The monoisotopic (exact) mass is 554 g/mol. The maximum absolute atomic E-state index is 4.37. The third-order valence-corrected chi connectivity index (χ3v) is 5.91. The van der Waals surface area contributed by atoms with E-state index in [4.69, 9.17) is 0 Å². The predicted octanol–water partition coefficient (Wildman–Crippen LogP) is 3.90. The molecule has 0 radical (unpaired) electrons. The molecule has 2 aromatic heterocycles. The van der Waals surface area contributed by atoms with Gasteiger partial charge >= 0.3 is 0 Å². The van der Waals surface area contributed by atoms with Gasteiger partial charge in [-0.15, -0.1) is 34.2 Å². The molecule has 6 nitrogen and oxygen atoms in total. The van der Waals surface area contributed by atoms with Crippen LogP contribution in [-0.2, 0) is 12.0 Å². The third-order valence-electron chi connectivity index (χ3n) is 5.38. The highest BCUT2D eigenvalue weighted by molar-refractivity contribution is 14.0. The molecule has 3 aromatic rings. The number of nitrogens with one attached hydrogen (secondary N) is 2. The molecule has 28 heavy (non-hydrogen) atoms. The van der Waals surface area contributed by atoms with Crippen LogP contribution in [0.25, 0.3) is 5.65 Å². The number of hydrogen-bond acceptors (Lipinski definition) is 3. The fourth-order valence-corrected chi connectivity index (χ4v) is 3.89. The van der Waals surface area contributed by atoms with Crippen molar-refractivity contribution in [3.8, 4) is 0 Å². The van der Waals surface area contributed by atoms with Gasteiger partial charge in [-0.3, -0.25) is 9.39 Å². The van der Waals surface area contributed by atoms with Crippen molar-refractivity contribution in [3.63, 3.8) is 0 Å². The molecular formula is C20H24BrIN6. The molecule has 1 saturated carbocycles. The molecule has 0 aliphatic heterocycles. The molecule has 0 amide bonds. The van der Waals surface area contributed by atoms with E-state index in [9.17, 15) is 0 Å². The Morgan fingerprint density at radius 2 is 1.93 bits per heavy atom. The summed E-state index contributed by atoms with van der Waals surface area (Å²) in [6.07, 6.45) is 5.65. The number of halogens is 2. The molecule has 1 aromatic carbocycles. The van der Waals surface area contributed by atoms with Crippen molar-refractivity contribution >= 4 is 51.5 Å². The van der Waals surface area contributed by atoms with Crippen LogP contribution < -0.4 is 10.6 Å². The van der Waals surface area contributed by atoms with Crippen molar-refractivity contribution in [1.82, 2.24) is 25.2 Å². The second kappa shape index (κ2) is 9.21. The van der Waals surface area contributed by atoms with E-state index in [0.717, 1.165) is 28.4 Å². The smallest absolute Gasteiger partial charge is 0.191 e. The predicted molar refractivity (Wildman–Crippen MR) is 126 cm³/mol. The van der Waals surface area contributed by atoms with Gasteiger partial charge in [0.2, 0.25) is 0 Å². The Bertz CT molecular complexity index is 949. The van der Waals surface area contributed by atoms with Gasteiger partial charge in [0.25, 0.3) is 0 Å². The van der Waals surface area contributed by atoms with E-state index < -0.39 is 0 Å². The number of aromatic nitrogens is 3. The molecule has 1 aliphatic rings. The number of benzene rings is 1. The first-order valence-electron chi connectivity index (χ1n) is 9.19. The molecule has 0 saturated heterocycles. The van der Waals surface area contributed by atoms with E-state index in [1.165, 1.54) is 24.8 Å². The van der Waals surface area contributed by atoms with Crippen molar-refractivity contribution in [2.24, 2.45) is 4.99 Å². The molecule has 8 heteroatoms. The van der Waals surface area contributed by atoms with Gasteiger partial charge in [0.1, 0.15) is 0 Å². The van der Waals surface area contributed by atoms with Crippen LogP contribution >= 0.6 is 39.9 Å². The maximum atomic E-state index is 4.37. The van der Waals surface area contributed by atoms with E-state index in [-0.39, 0.29) is 29.4 Å². The molecule has 1 aliphatic carbocycles. The van der Waals surface area contributed by atoms with Crippen molar-refractivity contribution < 1.29 is 0 Å². The molecule has 2 heterocycles. The van der Waals surface area contributed by atoms with Crippen molar-refractivity contribution in [3.05, 3.63) is 64.5 Å². The van der Waals surface area contributed by atoms with Crippen LogP contribution in [0.15, 0.2) is 58.1 Å². The molecule has 4 rings (SSSR count). The standard InChI is InChI=1S/C20H23BrN6.HI/c1-22-19(23-13-18-26-25-17-5-2-3-12-27(17)18)24-14-20(10-4-11-20)15-6-8-16(21)9-7-15;/h2-3,5-9,12H,4,10-11,13-14H2,1H3,(H2,22,23,24);1H. The zero-order valence-corrected chi connectivity index (χ0v) is 19.6. The summed E-state index contributed by atoms with van der Waals surface area (Å²) < 4.78 is 3.10. The summed E-state index contributed by atoms with van der Waals surface area (Å²) in [5, 5.41) is 15.3. The summed E-state index contributed by atoms with van der Waals surface area (Å²) >= 11 is 3.52. The number of pyridine rings is 1. The summed E-state index contributed by atoms with van der Waals surface area (Å²) in [6, 6.07) is 14.6. The SMILES string of the molecule is CN=C(NCc1nnc2ccccn12)NCC1(c2ccc(Br)cc2)CCC1.I. The van der Waals surface area contributed by atoms with E-state index in [2.05, 4.69) is 66.0 Å². The zero-order chi connectivity index (χ0) is 18.7. The highest BCUT2D eigenvalue weighted by Crippen LogP contribution is 2.43. The minimum atomic E-state index is 0. The average Bonchev–Trinajstić information content (AvgIpc) is 3.08. The minimum absolute atomic E-state index is 0. The molecule has 0 bridgehead atoms. The minimum Gasteiger partial charge on any atom is -0.356 e. The quantitative estimate of drug-likeness (QED) is 0.285. The highest BCUT2D eigenvalue weighted by atomic mass is 127. The molecular weight excluding hydrogens is 531 g/mol. The maximum Gasteiger partial charge on any atom is 0.191 e. The molecule has 2 N–H and O–H groups in total. The van der Waals surface area contributed by atoms with E-state index in [1.54, 1.807) is 7.05 Å². The van der Waals surface area contributed by atoms with Crippen LogP contribution in [0.1, 0.15) is 30.7 Å². The van der Waals surface area contributed by atoms with Gasteiger partial charge in [-0.05, 0) is 42.7 Å². The Morgan fingerprint density at radius 1 is 1.14 bits per heavy atom. The van der Waals surface area contributed by atoms with E-state index in [1.807, 2.05) is 28.8 Å². The van der Waals surface area contributed by atoms with E-state index in [0.29, 0.717) is 6.54 Å². The van der Waals surface area contributed by atoms with Crippen LogP contribution in [0.3, 0.4) is 0 Å². The van der Waals surface area contributed by atoms with Gasteiger partial charge in [-0.1, -0.05) is 40.5 Å². The number of aliphatic imine (C=N–C) groups is 1. The molecule has 1 fully saturated rings. The normalized spacial score (nSPS) is 15.6. The Kier molecular flexibility index (Phi) is 6.92. The van der Waals surface area contributed by atoms with Gasteiger partial charge in [-0.2, -0.15) is 0 Å². The first-order chi connectivity index (χ1) is 13.2. The summed E-state index contributed by atoms with van der Waals surface area (Å²) in [5.74, 6) is 1.64. The fraction of sp³-hybridized carbons (Fsp3) is 0.350. The van der Waals surface area contributed by atoms with Gasteiger partial charge in [0.05, 0.1) is 6.54 Å². The second-order valence-electron chi connectivity index (χ2n) is 6.97. The first-order valence-corrected chi connectivity index (χ1v) is 9.99. The third kappa shape index (κ3) is 4.32.